The van der Waals surface area contributed by atoms with Crippen LogP contribution in [0.3, 0.4) is 0 Å². The van der Waals surface area contributed by atoms with Gasteiger partial charge in [0.15, 0.2) is 0 Å². The van der Waals surface area contributed by atoms with Crippen LogP contribution in [0.2, 0.25) is 5.02 Å². The summed E-state index contributed by atoms with van der Waals surface area (Å²) in [5, 5.41) is 9.61. The Morgan fingerprint density at radius 3 is 2.71 bits per heavy atom. The van der Waals surface area contributed by atoms with Gasteiger partial charge >= 0.3 is 0 Å². The molecule has 0 bridgehead atoms. The molecule has 96 valence electrons. The topological polar surface area (TPSA) is 58.7 Å². The van der Waals surface area contributed by atoms with Gasteiger partial charge in [0, 0.05) is 25.9 Å². The van der Waals surface area contributed by atoms with Crippen LogP contribution in [-0.4, -0.2) is 38.5 Å². The van der Waals surface area contributed by atoms with E-state index >= 15 is 0 Å². The smallest absolute Gasteiger partial charge is 0.0656 e. The Kier molecular flexibility index (Phi) is 5.55. The Morgan fingerprint density at radius 1 is 1.41 bits per heavy atom. The summed E-state index contributed by atoms with van der Waals surface area (Å²) in [6.45, 7) is 3.91. The summed E-state index contributed by atoms with van der Waals surface area (Å²) in [4.78, 5) is 2.03. The van der Waals surface area contributed by atoms with E-state index in [1.54, 1.807) is 7.11 Å². The van der Waals surface area contributed by atoms with Crippen molar-refractivity contribution >= 4 is 23.0 Å². The van der Waals surface area contributed by atoms with Crippen molar-refractivity contribution in [2.24, 2.45) is 0 Å². The maximum Gasteiger partial charge on any atom is 0.0656 e. The molecule has 0 unspecified atom stereocenters. The Morgan fingerprint density at radius 2 is 2.12 bits per heavy atom. The van der Waals surface area contributed by atoms with E-state index in [4.69, 9.17) is 27.2 Å². The second-order valence-electron chi connectivity index (χ2n) is 3.86. The number of halogens is 1. The number of benzene rings is 1. The van der Waals surface area contributed by atoms with Crippen LogP contribution in [0.15, 0.2) is 12.1 Å². The molecule has 0 spiro atoms. The van der Waals surface area contributed by atoms with Gasteiger partial charge in [0.25, 0.3) is 0 Å². The predicted molar refractivity (Wildman–Crippen MR) is 71.8 cm³/mol. The fourth-order valence-electron chi connectivity index (χ4n) is 1.71. The largest absolute Gasteiger partial charge is 0.398 e. The predicted octanol–water partition coefficient (Wildman–Crippen LogP) is 1.68. The third kappa shape index (κ3) is 3.77. The van der Waals surface area contributed by atoms with Crippen LogP contribution in [-0.2, 0) is 4.74 Å². The van der Waals surface area contributed by atoms with E-state index in [9.17, 15) is 0 Å². The second kappa shape index (κ2) is 6.69. The lowest BCUT2D eigenvalue weighted by molar-refractivity contribution is 0.203. The molecule has 0 aliphatic rings. The minimum Gasteiger partial charge on any atom is -0.398 e. The lowest BCUT2D eigenvalue weighted by Gasteiger charge is -2.26. The normalized spacial score (nSPS) is 10.6. The molecule has 0 saturated heterocycles. The van der Waals surface area contributed by atoms with Gasteiger partial charge in [0.05, 0.1) is 23.9 Å². The van der Waals surface area contributed by atoms with Crippen LogP contribution >= 0.6 is 11.6 Å². The van der Waals surface area contributed by atoms with Crippen molar-refractivity contribution in [2.45, 2.75) is 6.92 Å². The van der Waals surface area contributed by atoms with Gasteiger partial charge in [-0.3, -0.25) is 0 Å². The third-order valence-electron chi connectivity index (χ3n) is 2.59. The number of nitrogen functional groups attached to an aromatic ring is 1. The molecular weight excluding hydrogens is 240 g/mol. The summed E-state index contributed by atoms with van der Waals surface area (Å²) in [5.41, 5.74) is 8.33. The molecule has 0 aromatic heterocycles. The van der Waals surface area contributed by atoms with E-state index in [1.165, 1.54) is 0 Å². The first-order valence-electron chi connectivity index (χ1n) is 5.50. The summed E-state index contributed by atoms with van der Waals surface area (Å²) in [6, 6.07) is 3.67. The number of aliphatic hydroxyl groups excluding tert-OH is 1. The lowest BCUT2D eigenvalue weighted by atomic mass is 10.1. The van der Waals surface area contributed by atoms with E-state index in [1.807, 2.05) is 24.0 Å². The molecule has 1 aromatic carbocycles. The third-order valence-corrected chi connectivity index (χ3v) is 2.92. The number of rotatable bonds is 6. The van der Waals surface area contributed by atoms with Crippen molar-refractivity contribution in [3.05, 3.63) is 22.7 Å². The summed E-state index contributed by atoms with van der Waals surface area (Å²) >= 11 is 6.02. The first-order chi connectivity index (χ1) is 8.10. The number of anilines is 2. The van der Waals surface area contributed by atoms with Crippen LogP contribution in [0.5, 0.6) is 0 Å². The van der Waals surface area contributed by atoms with Crippen molar-refractivity contribution in [3.63, 3.8) is 0 Å². The maximum atomic E-state index is 9.07. The molecule has 0 saturated carbocycles. The van der Waals surface area contributed by atoms with Gasteiger partial charge in [-0.25, -0.2) is 0 Å². The molecule has 0 atom stereocenters. The van der Waals surface area contributed by atoms with Crippen LogP contribution in [0.25, 0.3) is 0 Å². The van der Waals surface area contributed by atoms with Gasteiger partial charge in [-0.1, -0.05) is 11.6 Å². The summed E-state index contributed by atoms with van der Waals surface area (Å²) in [5.74, 6) is 0. The summed E-state index contributed by atoms with van der Waals surface area (Å²) in [6.07, 6.45) is 0. The number of nitrogens with zero attached hydrogens (tertiary/aromatic N) is 1. The molecule has 4 nitrogen and oxygen atoms in total. The van der Waals surface area contributed by atoms with Crippen LogP contribution in [0.4, 0.5) is 11.4 Å². The van der Waals surface area contributed by atoms with E-state index in [-0.39, 0.29) is 6.61 Å². The number of nitrogens with two attached hydrogens (primary N) is 1. The van der Waals surface area contributed by atoms with E-state index in [0.29, 0.717) is 30.4 Å². The molecule has 0 amide bonds. The highest BCUT2D eigenvalue weighted by molar-refractivity contribution is 6.33. The molecular formula is C12H19ClN2O2. The molecule has 0 aliphatic carbocycles. The van der Waals surface area contributed by atoms with Gasteiger partial charge in [-0.05, 0) is 24.6 Å². The molecule has 1 rings (SSSR count). The molecule has 17 heavy (non-hydrogen) atoms. The Bertz CT molecular complexity index is 372. The number of hydrogen-bond acceptors (Lipinski definition) is 4. The van der Waals surface area contributed by atoms with Crippen molar-refractivity contribution in [1.29, 1.82) is 0 Å². The molecule has 1 aromatic rings. The average Bonchev–Trinajstić information content (AvgIpc) is 2.29. The van der Waals surface area contributed by atoms with Gasteiger partial charge in [0.2, 0.25) is 0 Å². The zero-order chi connectivity index (χ0) is 12.8. The minimum atomic E-state index is 0.0884. The fraction of sp³-hybridized carbons (Fsp3) is 0.500. The van der Waals surface area contributed by atoms with Crippen molar-refractivity contribution in [3.8, 4) is 0 Å². The van der Waals surface area contributed by atoms with Crippen LogP contribution in [0, 0.1) is 6.92 Å². The summed E-state index contributed by atoms with van der Waals surface area (Å²) in [7, 11) is 1.65. The highest BCUT2D eigenvalue weighted by atomic mass is 35.5. The monoisotopic (exact) mass is 258 g/mol. The number of ether oxygens (including phenoxy) is 1. The Balaban J connectivity index is 2.96. The van der Waals surface area contributed by atoms with Crippen molar-refractivity contribution in [2.75, 3.05) is 44.0 Å². The van der Waals surface area contributed by atoms with Gasteiger partial charge in [-0.15, -0.1) is 0 Å². The Hall–Kier alpha value is -0.970. The average molecular weight is 259 g/mol. The zero-order valence-corrected chi connectivity index (χ0v) is 11.0. The molecule has 0 heterocycles. The van der Waals surface area contributed by atoms with Gasteiger partial charge in [0.1, 0.15) is 0 Å². The minimum absolute atomic E-state index is 0.0884. The molecule has 0 aliphatic heterocycles. The number of aliphatic hydroxyl groups is 1. The lowest BCUT2D eigenvalue weighted by Crippen LogP contribution is -2.30. The quantitative estimate of drug-likeness (QED) is 0.763. The molecule has 3 N–H and O–H groups in total. The molecule has 0 fully saturated rings. The first kappa shape index (κ1) is 14.1. The zero-order valence-electron chi connectivity index (χ0n) is 10.2. The van der Waals surface area contributed by atoms with Gasteiger partial charge in [-0.2, -0.15) is 0 Å². The van der Waals surface area contributed by atoms with Crippen LogP contribution < -0.4 is 10.6 Å². The van der Waals surface area contributed by atoms with Crippen molar-refractivity contribution in [1.82, 2.24) is 0 Å². The van der Waals surface area contributed by atoms with Gasteiger partial charge < -0.3 is 20.5 Å². The maximum absolute atomic E-state index is 9.07. The first-order valence-corrected chi connectivity index (χ1v) is 5.88. The van der Waals surface area contributed by atoms with E-state index in [0.717, 1.165) is 11.3 Å². The number of hydrogen-bond donors (Lipinski definition) is 2. The molecule has 5 heteroatoms. The van der Waals surface area contributed by atoms with Crippen LogP contribution in [0.1, 0.15) is 5.56 Å². The highest BCUT2D eigenvalue weighted by Crippen LogP contribution is 2.29. The standard InChI is InChI=1S/C12H19ClN2O2/c1-9-7-11(14)10(13)8-12(9)15(3-5-16)4-6-17-2/h7-8,16H,3-6,14H2,1-2H3. The van der Waals surface area contributed by atoms with E-state index in [2.05, 4.69) is 0 Å². The highest BCUT2D eigenvalue weighted by Gasteiger charge is 2.11. The summed E-state index contributed by atoms with van der Waals surface area (Å²) < 4.78 is 5.05. The number of methoxy groups -OCH3 is 1. The molecule has 0 radical (unpaired) electrons. The van der Waals surface area contributed by atoms with Crippen molar-refractivity contribution < 1.29 is 9.84 Å². The Labute approximate surface area is 107 Å². The SMILES string of the molecule is COCCN(CCO)c1cc(Cl)c(N)cc1C. The number of aryl methyl sites for hydroxylation is 1. The second-order valence-corrected chi connectivity index (χ2v) is 4.27. The fourth-order valence-corrected chi connectivity index (χ4v) is 1.87. The van der Waals surface area contributed by atoms with E-state index < -0.39 is 0 Å².